The zero-order valence-corrected chi connectivity index (χ0v) is 11.4. The van der Waals surface area contributed by atoms with E-state index in [9.17, 15) is 5.11 Å². The number of hydrogen-bond acceptors (Lipinski definition) is 1. The van der Waals surface area contributed by atoms with Crippen molar-refractivity contribution in [2.75, 3.05) is 0 Å². The number of aliphatic hydroxyl groups excluding tert-OH is 1. The van der Waals surface area contributed by atoms with Crippen LogP contribution in [0.15, 0.2) is 11.6 Å². The summed E-state index contributed by atoms with van der Waals surface area (Å²) in [6.07, 6.45) is 5.93. The van der Waals surface area contributed by atoms with Gasteiger partial charge in [-0.3, -0.25) is 0 Å². The Kier molecular flexibility index (Phi) is 2.73. The number of hydrogen-bond donors (Lipinski definition) is 1. The van der Waals surface area contributed by atoms with E-state index in [1.54, 1.807) is 5.57 Å². The van der Waals surface area contributed by atoms with Crippen molar-refractivity contribution in [3.63, 3.8) is 0 Å². The fourth-order valence-electron chi connectivity index (χ4n) is 3.35. The Morgan fingerprint density at radius 3 is 2.56 bits per heavy atom. The Morgan fingerprint density at radius 2 is 2.12 bits per heavy atom. The number of rotatable bonds is 3. The van der Waals surface area contributed by atoms with Crippen molar-refractivity contribution in [1.82, 2.24) is 0 Å². The van der Waals surface area contributed by atoms with E-state index in [0.29, 0.717) is 5.41 Å². The Bertz CT molecular complexity index is 309. The smallest absolute Gasteiger partial charge is 0.0566 e. The Hall–Kier alpha value is -0.300. The van der Waals surface area contributed by atoms with Gasteiger partial charge in [-0.2, -0.15) is 0 Å². The molecular formula is C15H26O. The molecule has 2 bridgehead atoms. The first-order valence-corrected chi connectivity index (χ1v) is 6.62. The maximum absolute atomic E-state index is 9.81. The first kappa shape index (κ1) is 12.2. The van der Waals surface area contributed by atoms with E-state index in [2.05, 4.69) is 33.8 Å². The first-order chi connectivity index (χ1) is 7.25. The van der Waals surface area contributed by atoms with Gasteiger partial charge in [-0.25, -0.2) is 0 Å². The molecule has 0 aromatic heterocycles. The van der Waals surface area contributed by atoms with Gasteiger partial charge in [0.15, 0.2) is 0 Å². The van der Waals surface area contributed by atoms with Crippen LogP contribution in [0, 0.1) is 22.7 Å². The molecule has 0 saturated heterocycles. The highest BCUT2D eigenvalue weighted by Gasteiger charge is 2.51. The van der Waals surface area contributed by atoms with Crippen molar-refractivity contribution in [3.8, 4) is 0 Å². The van der Waals surface area contributed by atoms with E-state index in [4.69, 9.17) is 0 Å². The van der Waals surface area contributed by atoms with E-state index in [0.717, 1.165) is 18.3 Å². The molecule has 0 aromatic carbocycles. The molecular weight excluding hydrogens is 196 g/mol. The fraction of sp³-hybridized carbons (Fsp3) is 0.867. The van der Waals surface area contributed by atoms with E-state index >= 15 is 0 Å². The van der Waals surface area contributed by atoms with Crippen molar-refractivity contribution < 1.29 is 5.11 Å². The summed E-state index contributed by atoms with van der Waals surface area (Å²) in [5, 5.41) is 9.81. The van der Waals surface area contributed by atoms with Gasteiger partial charge in [0.2, 0.25) is 0 Å². The highest BCUT2D eigenvalue weighted by molar-refractivity contribution is 5.24. The van der Waals surface area contributed by atoms with Crippen molar-refractivity contribution in [2.45, 2.75) is 60.0 Å². The molecule has 0 aromatic rings. The minimum absolute atomic E-state index is 0.0182. The van der Waals surface area contributed by atoms with Crippen LogP contribution < -0.4 is 0 Å². The standard InChI is InChI=1S/C15H26O/c1-10(16)14(2,3)9-11-6-7-12-8-13(11)15(12,4)5/h6,10,12-13,16H,7-9H2,1-5H3/t10?,12-,13-/m1/s1. The summed E-state index contributed by atoms with van der Waals surface area (Å²) in [5.74, 6) is 1.69. The lowest BCUT2D eigenvalue weighted by atomic mass is 9.48. The second kappa shape index (κ2) is 3.60. The van der Waals surface area contributed by atoms with Crippen molar-refractivity contribution in [2.24, 2.45) is 22.7 Å². The first-order valence-electron chi connectivity index (χ1n) is 6.62. The summed E-state index contributed by atoms with van der Waals surface area (Å²) in [6.45, 7) is 11.1. The number of fused-ring (bicyclic) bond motifs is 1. The van der Waals surface area contributed by atoms with Crippen LogP contribution in [0.2, 0.25) is 0 Å². The van der Waals surface area contributed by atoms with Crippen LogP contribution in [0.25, 0.3) is 0 Å². The van der Waals surface area contributed by atoms with Gasteiger partial charge >= 0.3 is 0 Å². The predicted octanol–water partition coefficient (Wildman–Crippen LogP) is 3.78. The molecule has 1 heteroatoms. The highest BCUT2D eigenvalue weighted by Crippen LogP contribution is 2.60. The molecule has 1 fully saturated rings. The van der Waals surface area contributed by atoms with Gasteiger partial charge in [-0.1, -0.05) is 39.3 Å². The molecule has 1 N–H and O–H groups in total. The zero-order valence-electron chi connectivity index (χ0n) is 11.4. The van der Waals surface area contributed by atoms with E-state index < -0.39 is 0 Å². The molecule has 0 amide bonds. The molecule has 1 saturated carbocycles. The molecule has 0 spiro atoms. The van der Waals surface area contributed by atoms with Crippen LogP contribution in [0.3, 0.4) is 0 Å². The van der Waals surface area contributed by atoms with Crippen LogP contribution >= 0.6 is 0 Å². The third-order valence-corrected chi connectivity index (χ3v) is 5.37. The van der Waals surface area contributed by atoms with E-state index in [1.807, 2.05) is 6.92 Å². The van der Waals surface area contributed by atoms with E-state index in [-0.39, 0.29) is 11.5 Å². The number of allylic oxidation sites excluding steroid dienone is 2. The van der Waals surface area contributed by atoms with Crippen molar-refractivity contribution >= 4 is 0 Å². The summed E-state index contributed by atoms with van der Waals surface area (Å²) in [5.41, 5.74) is 2.14. The lowest BCUT2D eigenvalue weighted by Crippen LogP contribution is -2.48. The maximum atomic E-state index is 9.81. The monoisotopic (exact) mass is 222 g/mol. The molecule has 3 aliphatic carbocycles. The lowest BCUT2D eigenvalue weighted by Gasteiger charge is -2.57. The second-order valence-electron chi connectivity index (χ2n) is 7.16. The van der Waals surface area contributed by atoms with Crippen LogP contribution in [0.5, 0.6) is 0 Å². The fourth-order valence-corrected chi connectivity index (χ4v) is 3.35. The summed E-state index contributed by atoms with van der Waals surface area (Å²) in [6, 6.07) is 0. The molecule has 3 aliphatic rings. The van der Waals surface area contributed by atoms with E-state index in [1.165, 1.54) is 12.8 Å². The van der Waals surface area contributed by atoms with Crippen molar-refractivity contribution in [1.29, 1.82) is 0 Å². The molecule has 3 atom stereocenters. The summed E-state index contributed by atoms with van der Waals surface area (Å²) >= 11 is 0. The Morgan fingerprint density at radius 1 is 1.50 bits per heavy atom. The molecule has 92 valence electrons. The normalized spacial score (nSPS) is 34.0. The van der Waals surface area contributed by atoms with Gasteiger partial charge in [0, 0.05) is 0 Å². The second-order valence-corrected chi connectivity index (χ2v) is 7.16. The van der Waals surface area contributed by atoms with Gasteiger partial charge in [0.05, 0.1) is 6.10 Å². The van der Waals surface area contributed by atoms with Crippen LogP contribution in [0.1, 0.15) is 53.9 Å². The topological polar surface area (TPSA) is 20.2 Å². The van der Waals surface area contributed by atoms with Crippen molar-refractivity contribution in [3.05, 3.63) is 11.6 Å². The maximum Gasteiger partial charge on any atom is 0.0566 e. The molecule has 0 heterocycles. The average Bonchev–Trinajstić information content (AvgIpc) is 2.16. The Balaban J connectivity index is 2.10. The lowest BCUT2D eigenvalue weighted by molar-refractivity contribution is -0.0174. The van der Waals surface area contributed by atoms with Gasteiger partial charge in [-0.05, 0) is 48.9 Å². The third-order valence-electron chi connectivity index (χ3n) is 5.37. The quantitative estimate of drug-likeness (QED) is 0.721. The largest absolute Gasteiger partial charge is 0.393 e. The van der Waals surface area contributed by atoms with Gasteiger partial charge in [0.25, 0.3) is 0 Å². The third kappa shape index (κ3) is 1.73. The SMILES string of the molecule is CC(O)C(C)(C)CC1=CC[C@@H]2C[C@H]1C2(C)C. The van der Waals surface area contributed by atoms with Crippen LogP contribution in [-0.2, 0) is 0 Å². The molecule has 0 aliphatic heterocycles. The highest BCUT2D eigenvalue weighted by atomic mass is 16.3. The number of aliphatic hydroxyl groups is 1. The zero-order chi connectivity index (χ0) is 12.1. The Labute approximate surface area is 99.9 Å². The summed E-state index contributed by atoms with van der Waals surface area (Å²) < 4.78 is 0. The molecule has 3 rings (SSSR count). The minimum Gasteiger partial charge on any atom is -0.393 e. The molecule has 1 unspecified atom stereocenters. The summed E-state index contributed by atoms with van der Waals surface area (Å²) in [4.78, 5) is 0. The molecule has 16 heavy (non-hydrogen) atoms. The molecule has 1 nitrogen and oxygen atoms in total. The van der Waals surface area contributed by atoms with Gasteiger partial charge < -0.3 is 5.11 Å². The van der Waals surface area contributed by atoms with Crippen LogP contribution in [0.4, 0.5) is 0 Å². The molecule has 0 radical (unpaired) electrons. The average molecular weight is 222 g/mol. The van der Waals surface area contributed by atoms with Gasteiger partial charge in [-0.15, -0.1) is 0 Å². The van der Waals surface area contributed by atoms with Gasteiger partial charge in [0.1, 0.15) is 0 Å². The predicted molar refractivity (Wildman–Crippen MR) is 68.2 cm³/mol. The summed E-state index contributed by atoms with van der Waals surface area (Å²) in [7, 11) is 0. The van der Waals surface area contributed by atoms with Crippen LogP contribution in [-0.4, -0.2) is 11.2 Å². The minimum atomic E-state index is -0.227.